The molecule has 0 amide bonds. The van der Waals surface area contributed by atoms with Gasteiger partial charge in [-0.2, -0.15) is 0 Å². The molecule has 2 aromatic rings. The summed E-state index contributed by atoms with van der Waals surface area (Å²) in [5.41, 5.74) is 3.73. The second-order valence-corrected chi connectivity index (χ2v) is 7.18. The number of carboxylic acids is 1. The standard InChI is InChI=1S/C20H22ClNO2/c1-13(2)12-22(19-6-4-3-5-17(19)21)18-10-9-14-7-8-15(20(23)24)11-16(14)18/h3-8,11,13,18H,9-10,12H2,1-2H3,(H,23,24). The number of aromatic carboxylic acids is 1. The van der Waals surface area contributed by atoms with Gasteiger partial charge in [0, 0.05) is 6.54 Å². The van der Waals surface area contributed by atoms with Gasteiger partial charge in [0.05, 0.1) is 22.3 Å². The maximum atomic E-state index is 11.3. The normalized spacial score (nSPS) is 16.2. The lowest BCUT2D eigenvalue weighted by molar-refractivity contribution is 0.0696. The summed E-state index contributed by atoms with van der Waals surface area (Å²) in [6.45, 7) is 5.26. The number of fused-ring (bicyclic) bond motifs is 1. The van der Waals surface area contributed by atoms with Crippen molar-refractivity contribution in [3.05, 3.63) is 64.2 Å². The van der Waals surface area contributed by atoms with Gasteiger partial charge < -0.3 is 10.0 Å². The van der Waals surface area contributed by atoms with Crippen LogP contribution in [0.3, 0.4) is 0 Å². The number of hydrogen-bond acceptors (Lipinski definition) is 2. The Morgan fingerprint density at radius 1 is 1.29 bits per heavy atom. The zero-order valence-corrected chi connectivity index (χ0v) is 14.8. The number of carbonyl (C=O) groups is 1. The van der Waals surface area contributed by atoms with Gasteiger partial charge in [0.25, 0.3) is 0 Å². The van der Waals surface area contributed by atoms with Crippen molar-refractivity contribution in [2.45, 2.75) is 32.7 Å². The van der Waals surface area contributed by atoms with Crippen molar-refractivity contribution in [1.29, 1.82) is 0 Å². The molecule has 1 aliphatic carbocycles. The summed E-state index contributed by atoms with van der Waals surface area (Å²) in [5, 5.41) is 10.0. The molecular formula is C20H22ClNO2. The van der Waals surface area contributed by atoms with Crippen LogP contribution in [-0.4, -0.2) is 17.6 Å². The zero-order chi connectivity index (χ0) is 17.3. The summed E-state index contributed by atoms with van der Waals surface area (Å²) in [5.74, 6) is -0.399. The van der Waals surface area contributed by atoms with Crippen LogP contribution in [0.15, 0.2) is 42.5 Å². The molecule has 0 heterocycles. The van der Waals surface area contributed by atoms with E-state index in [-0.39, 0.29) is 6.04 Å². The zero-order valence-electron chi connectivity index (χ0n) is 14.0. The molecule has 1 N–H and O–H groups in total. The average molecular weight is 344 g/mol. The number of halogens is 1. The Morgan fingerprint density at radius 2 is 2.04 bits per heavy atom. The lowest BCUT2D eigenvalue weighted by Crippen LogP contribution is -2.31. The second-order valence-electron chi connectivity index (χ2n) is 6.77. The number of benzene rings is 2. The van der Waals surface area contributed by atoms with Crippen molar-refractivity contribution >= 4 is 23.3 Å². The van der Waals surface area contributed by atoms with E-state index in [0.29, 0.717) is 11.5 Å². The average Bonchev–Trinajstić information content (AvgIpc) is 2.96. The number of para-hydroxylation sites is 1. The SMILES string of the molecule is CC(C)CN(c1ccccc1Cl)C1CCc2ccc(C(=O)O)cc21. The Hall–Kier alpha value is -2.00. The molecule has 1 aliphatic rings. The van der Waals surface area contributed by atoms with E-state index >= 15 is 0 Å². The third-order valence-electron chi connectivity index (χ3n) is 4.54. The van der Waals surface area contributed by atoms with Crippen molar-refractivity contribution in [1.82, 2.24) is 0 Å². The largest absolute Gasteiger partial charge is 0.478 e. The molecule has 0 bridgehead atoms. The van der Waals surface area contributed by atoms with E-state index in [0.717, 1.165) is 35.7 Å². The van der Waals surface area contributed by atoms with Gasteiger partial charge in [0.2, 0.25) is 0 Å². The first kappa shape index (κ1) is 16.8. The smallest absolute Gasteiger partial charge is 0.335 e. The van der Waals surface area contributed by atoms with Gasteiger partial charge in [0.15, 0.2) is 0 Å². The lowest BCUT2D eigenvalue weighted by atomic mass is 10.0. The molecule has 24 heavy (non-hydrogen) atoms. The number of anilines is 1. The molecule has 1 unspecified atom stereocenters. The van der Waals surface area contributed by atoms with Crippen LogP contribution in [0.1, 0.15) is 47.8 Å². The maximum absolute atomic E-state index is 11.3. The highest BCUT2D eigenvalue weighted by Gasteiger charge is 2.30. The topological polar surface area (TPSA) is 40.5 Å². The lowest BCUT2D eigenvalue weighted by Gasteiger charge is -2.34. The van der Waals surface area contributed by atoms with Crippen LogP contribution < -0.4 is 4.90 Å². The Kier molecular flexibility index (Phi) is 4.81. The van der Waals surface area contributed by atoms with Crippen LogP contribution in [0.25, 0.3) is 0 Å². The van der Waals surface area contributed by atoms with E-state index in [9.17, 15) is 9.90 Å². The van der Waals surface area contributed by atoms with E-state index in [4.69, 9.17) is 11.6 Å². The van der Waals surface area contributed by atoms with Crippen LogP contribution in [0.2, 0.25) is 5.02 Å². The van der Waals surface area contributed by atoms with Crippen LogP contribution in [0.4, 0.5) is 5.69 Å². The second kappa shape index (κ2) is 6.86. The molecule has 0 radical (unpaired) electrons. The van der Waals surface area contributed by atoms with Crippen LogP contribution in [0, 0.1) is 5.92 Å². The van der Waals surface area contributed by atoms with Crippen LogP contribution >= 0.6 is 11.6 Å². The number of nitrogens with zero attached hydrogens (tertiary/aromatic N) is 1. The number of hydrogen-bond donors (Lipinski definition) is 1. The third-order valence-corrected chi connectivity index (χ3v) is 4.86. The first-order valence-corrected chi connectivity index (χ1v) is 8.72. The summed E-state index contributed by atoms with van der Waals surface area (Å²) in [4.78, 5) is 13.7. The first-order valence-electron chi connectivity index (χ1n) is 8.34. The number of carboxylic acid groups (broad SMARTS) is 1. The Bertz CT molecular complexity index is 757. The summed E-state index contributed by atoms with van der Waals surface area (Å²) in [6.07, 6.45) is 1.95. The molecule has 3 rings (SSSR count). The predicted octanol–water partition coefficient (Wildman–Crippen LogP) is 5.19. The van der Waals surface area contributed by atoms with Gasteiger partial charge in [-0.15, -0.1) is 0 Å². The Labute approximate surface area is 147 Å². The van der Waals surface area contributed by atoms with Crippen LogP contribution in [-0.2, 0) is 6.42 Å². The minimum atomic E-state index is -0.878. The monoisotopic (exact) mass is 343 g/mol. The van der Waals surface area contributed by atoms with Crippen molar-refractivity contribution in [2.75, 3.05) is 11.4 Å². The minimum Gasteiger partial charge on any atom is -0.478 e. The van der Waals surface area contributed by atoms with E-state index in [1.54, 1.807) is 6.07 Å². The molecule has 0 spiro atoms. The van der Waals surface area contributed by atoms with Gasteiger partial charge in [-0.25, -0.2) is 4.79 Å². The number of aryl methyl sites for hydroxylation is 1. The summed E-state index contributed by atoms with van der Waals surface area (Å²) in [7, 11) is 0. The molecule has 0 saturated heterocycles. The first-order chi connectivity index (χ1) is 11.5. The number of rotatable bonds is 5. The van der Waals surface area contributed by atoms with Gasteiger partial charge in [-0.1, -0.05) is 43.6 Å². The Balaban J connectivity index is 2.04. The van der Waals surface area contributed by atoms with Crippen molar-refractivity contribution < 1.29 is 9.90 Å². The quantitative estimate of drug-likeness (QED) is 0.812. The highest BCUT2D eigenvalue weighted by atomic mass is 35.5. The molecule has 126 valence electrons. The summed E-state index contributed by atoms with van der Waals surface area (Å²) in [6, 6.07) is 13.5. The van der Waals surface area contributed by atoms with Crippen LogP contribution in [0.5, 0.6) is 0 Å². The summed E-state index contributed by atoms with van der Waals surface area (Å²) >= 11 is 6.45. The van der Waals surface area contributed by atoms with Gasteiger partial charge in [-0.3, -0.25) is 0 Å². The minimum absolute atomic E-state index is 0.168. The van der Waals surface area contributed by atoms with Crippen molar-refractivity contribution in [3.63, 3.8) is 0 Å². The highest BCUT2D eigenvalue weighted by molar-refractivity contribution is 6.33. The third kappa shape index (κ3) is 3.27. The molecule has 0 aliphatic heterocycles. The van der Waals surface area contributed by atoms with Gasteiger partial charge in [-0.05, 0) is 54.2 Å². The summed E-state index contributed by atoms with van der Waals surface area (Å²) < 4.78 is 0. The maximum Gasteiger partial charge on any atom is 0.335 e. The molecule has 0 aromatic heterocycles. The molecule has 1 atom stereocenters. The van der Waals surface area contributed by atoms with E-state index in [1.165, 1.54) is 5.56 Å². The molecule has 0 fully saturated rings. The molecule has 2 aromatic carbocycles. The van der Waals surface area contributed by atoms with Crippen molar-refractivity contribution in [2.24, 2.45) is 5.92 Å². The fourth-order valence-corrected chi connectivity index (χ4v) is 3.75. The molecule has 0 saturated carbocycles. The Morgan fingerprint density at radius 3 is 2.71 bits per heavy atom. The fraction of sp³-hybridized carbons (Fsp3) is 0.350. The predicted molar refractivity (Wildman–Crippen MR) is 98.1 cm³/mol. The van der Waals surface area contributed by atoms with E-state index in [2.05, 4.69) is 18.7 Å². The van der Waals surface area contributed by atoms with E-state index < -0.39 is 5.97 Å². The van der Waals surface area contributed by atoms with Gasteiger partial charge in [0.1, 0.15) is 0 Å². The fourth-order valence-electron chi connectivity index (χ4n) is 3.51. The van der Waals surface area contributed by atoms with Crippen molar-refractivity contribution in [3.8, 4) is 0 Å². The molecule has 4 heteroatoms. The highest BCUT2D eigenvalue weighted by Crippen LogP contribution is 2.41. The molecular weight excluding hydrogens is 322 g/mol. The molecule has 3 nitrogen and oxygen atoms in total. The van der Waals surface area contributed by atoms with Gasteiger partial charge >= 0.3 is 5.97 Å². The van der Waals surface area contributed by atoms with E-state index in [1.807, 2.05) is 36.4 Å².